The molecule has 0 heterocycles. The quantitative estimate of drug-likeness (QED) is 0.259. The van der Waals surface area contributed by atoms with E-state index in [1.54, 1.807) is 0 Å². The number of unbranched alkanes of at least 4 members (excludes halogenated alkanes) is 7. The lowest BCUT2D eigenvalue weighted by Crippen LogP contribution is -2.41. The molecule has 0 aromatic heterocycles. The molecule has 0 aliphatic heterocycles. The van der Waals surface area contributed by atoms with E-state index >= 15 is 0 Å². The zero-order valence-electron chi connectivity index (χ0n) is 17.1. The molecule has 0 N–H and O–H groups in total. The van der Waals surface area contributed by atoms with Crippen LogP contribution in [0.4, 0.5) is 0 Å². The zero-order valence-corrected chi connectivity index (χ0v) is 17.1. The van der Waals surface area contributed by atoms with E-state index < -0.39 is 0 Å². The lowest BCUT2D eigenvalue weighted by atomic mass is 9.57. The Morgan fingerprint density at radius 3 is 1.56 bits per heavy atom. The van der Waals surface area contributed by atoms with E-state index in [9.17, 15) is 4.79 Å². The molecule has 2 rings (SSSR count). The summed E-state index contributed by atoms with van der Waals surface area (Å²) in [5.74, 6) is 1.40. The average molecular weight is 349 g/mol. The molecule has 0 radical (unpaired) electrons. The molecule has 2 fully saturated rings. The number of hydrogen-bond acceptors (Lipinski definition) is 1. The van der Waals surface area contributed by atoms with Gasteiger partial charge in [-0.2, -0.15) is 0 Å². The highest BCUT2D eigenvalue weighted by atomic mass is 16.1. The molecule has 0 bridgehead atoms. The molecule has 2 saturated carbocycles. The molecule has 0 saturated heterocycles. The Labute approximate surface area is 157 Å². The average Bonchev–Trinajstić information content (AvgIpc) is 2.69. The van der Waals surface area contributed by atoms with Gasteiger partial charge in [-0.15, -0.1) is 0 Å². The smallest absolute Gasteiger partial charge is 0.126 e. The monoisotopic (exact) mass is 348 g/mol. The van der Waals surface area contributed by atoms with Crippen molar-refractivity contribution in [1.82, 2.24) is 0 Å². The maximum absolute atomic E-state index is 12.5. The van der Waals surface area contributed by atoms with Crippen LogP contribution < -0.4 is 0 Å². The largest absolute Gasteiger partial charge is 0.303 e. The summed E-state index contributed by atoms with van der Waals surface area (Å²) in [6, 6.07) is 0. The van der Waals surface area contributed by atoms with Gasteiger partial charge in [-0.05, 0) is 43.9 Å². The Morgan fingerprint density at radius 2 is 1.12 bits per heavy atom. The predicted molar refractivity (Wildman–Crippen MR) is 109 cm³/mol. The van der Waals surface area contributed by atoms with Gasteiger partial charge in [0.1, 0.15) is 6.29 Å². The normalized spacial score (nSPS) is 20.7. The third-order valence-electron chi connectivity index (χ3n) is 7.41. The van der Waals surface area contributed by atoms with Gasteiger partial charge >= 0.3 is 0 Å². The molecule has 1 nitrogen and oxygen atoms in total. The summed E-state index contributed by atoms with van der Waals surface area (Å²) in [5.41, 5.74) is 0.0447. The second-order valence-corrected chi connectivity index (χ2v) is 9.12. The lowest BCUT2D eigenvalue weighted by Gasteiger charge is -2.46. The van der Waals surface area contributed by atoms with Crippen LogP contribution in [0, 0.1) is 17.3 Å². The molecule has 0 atom stereocenters. The fraction of sp³-hybridized carbons (Fsp3) is 0.958. The highest BCUT2D eigenvalue weighted by Crippen LogP contribution is 2.50. The third-order valence-corrected chi connectivity index (χ3v) is 7.41. The molecule has 2 aliphatic rings. The molecule has 2 aliphatic carbocycles. The topological polar surface area (TPSA) is 17.1 Å². The Kier molecular flexibility index (Phi) is 10.2. The maximum Gasteiger partial charge on any atom is 0.126 e. The molecule has 0 aromatic rings. The molecular weight excluding hydrogens is 304 g/mol. The van der Waals surface area contributed by atoms with E-state index in [0.717, 1.165) is 0 Å². The Balaban J connectivity index is 1.84. The van der Waals surface area contributed by atoms with E-state index in [4.69, 9.17) is 0 Å². The Morgan fingerprint density at radius 1 is 0.680 bits per heavy atom. The maximum atomic E-state index is 12.5. The van der Waals surface area contributed by atoms with Crippen LogP contribution in [0.2, 0.25) is 0 Å². The van der Waals surface area contributed by atoms with Crippen LogP contribution in [0.5, 0.6) is 0 Å². The van der Waals surface area contributed by atoms with Gasteiger partial charge in [-0.3, -0.25) is 0 Å². The van der Waals surface area contributed by atoms with Gasteiger partial charge in [0.2, 0.25) is 0 Å². The van der Waals surface area contributed by atoms with E-state index in [-0.39, 0.29) is 5.41 Å². The number of carbonyl (C=O) groups is 1. The first-order chi connectivity index (χ1) is 12.3. The fourth-order valence-corrected chi connectivity index (χ4v) is 5.84. The van der Waals surface area contributed by atoms with E-state index in [1.807, 2.05) is 0 Å². The van der Waals surface area contributed by atoms with Crippen LogP contribution in [0.3, 0.4) is 0 Å². The van der Waals surface area contributed by atoms with Crippen molar-refractivity contribution >= 4 is 6.29 Å². The number of aldehydes is 1. The van der Waals surface area contributed by atoms with Gasteiger partial charge in [-0.25, -0.2) is 0 Å². The SMILES string of the molecule is CCCCCCCCCCC(C=O)(C1CCCCC1)C1CCCCC1. The minimum atomic E-state index is 0.0447. The van der Waals surface area contributed by atoms with Gasteiger partial charge in [0.25, 0.3) is 0 Å². The van der Waals surface area contributed by atoms with Crippen molar-refractivity contribution in [1.29, 1.82) is 0 Å². The highest BCUT2D eigenvalue weighted by molar-refractivity contribution is 5.60. The van der Waals surface area contributed by atoms with E-state index in [2.05, 4.69) is 6.92 Å². The van der Waals surface area contributed by atoms with Gasteiger partial charge < -0.3 is 4.79 Å². The summed E-state index contributed by atoms with van der Waals surface area (Å²) < 4.78 is 0. The zero-order chi connectivity index (χ0) is 17.8. The summed E-state index contributed by atoms with van der Waals surface area (Å²) >= 11 is 0. The van der Waals surface area contributed by atoms with E-state index in [1.165, 1.54) is 128 Å². The number of rotatable bonds is 12. The molecule has 0 amide bonds. The molecular formula is C24H44O. The lowest BCUT2D eigenvalue weighted by molar-refractivity contribution is -0.126. The van der Waals surface area contributed by atoms with Crippen LogP contribution >= 0.6 is 0 Å². The molecule has 1 heteroatoms. The summed E-state index contributed by atoms with van der Waals surface area (Å²) in [6.45, 7) is 2.29. The van der Waals surface area contributed by atoms with Crippen LogP contribution in [-0.4, -0.2) is 6.29 Å². The summed E-state index contributed by atoms with van der Waals surface area (Å²) in [5, 5.41) is 0. The van der Waals surface area contributed by atoms with Crippen molar-refractivity contribution < 1.29 is 4.79 Å². The number of carbonyl (C=O) groups excluding carboxylic acids is 1. The fourth-order valence-electron chi connectivity index (χ4n) is 5.84. The van der Waals surface area contributed by atoms with Crippen LogP contribution in [0.25, 0.3) is 0 Å². The molecule has 0 unspecified atom stereocenters. The van der Waals surface area contributed by atoms with Gasteiger partial charge in [0.15, 0.2) is 0 Å². The standard InChI is InChI=1S/C24H44O/c1-2-3-4-5-6-7-8-15-20-24(21-25,22-16-11-9-12-17-22)23-18-13-10-14-19-23/h21-23H,2-20H2,1H3. The van der Waals surface area contributed by atoms with Crippen molar-refractivity contribution in [2.45, 2.75) is 129 Å². The van der Waals surface area contributed by atoms with Crippen molar-refractivity contribution in [2.24, 2.45) is 17.3 Å². The molecule has 25 heavy (non-hydrogen) atoms. The minimum Gasteiger partial charge on any atom is -0.303 e. The van der Waals surface area contributed by atoms with Crippen LogP contribution in [0.15, 0.2) is 0 Å². The van der Waals surface area contributed by atoms with Gasteiger partial charge in [0, 0.05) is 5.41 Å². The Bertz CT molecular complexity index is 318. The summed E-state index contributed by atoms with van der Waals surface area (Å²) in [6.07, 6.45) is 27.2. The van der Waals surface area contributed by atoms with Gasteiger partial charge in [0.05, 0.1) is 0 Å². The highest BCUT2D eigenvalue weighted by Gasteiger charge is 2.44. The van der Waals surface area contributed by atoms with Crippen LogP contribution in [0.1, 0.15) is 129 Å². The second-order valence-electron chi connectivity index (χ2n) is 9.12. The second kappa shape index (κ2) is 12.1. The summed E-state index contributed by atoms with van der Waals surface area (Å²) in [4.78, 5) is 12.5. The summed E-state index contributed by atoms with van der Waals surface area (Å²) in [7, 11) is 0. The number of hydrogen-bond donors (Lipinski definition) is 0. The van der Waals surface area contributed by atoms with Crippen molar-refractivity contribution in [2.75, 3.05) is 0 Å². The van der Waals surface area contributed by atoms with Crippen LogP contribution in [-0.2, 0) is 4.79 Å². The first-order valence-electron chi connectivity index (χ1n) is 11.8. The predicted octanol–water partition coefficient (Wildman–Crippen LogP) is 7.86. The molecule has 0 spiro atoms. The van der Waals surface area contributed by atoms with Crippen molar-refractivity contribution in [3.05, 3.63) is 0 Å². The minimum absolute atomic E-state index is 0.0447. The molecule has 0 aromatic carbocycles. The third kappa shape index (κ3) is 6.40. The van der Waals surface area contributed by atoms with Crippen molar-refractivity contribution in [3.63, 3.8) is 0 Å². The molecule has 146 valence electrons. The van der Waals surface area contributed by atoms with E-state index in [0.29, 0.717) is 11.8 Å². The van der Waals surface area contributed by atoms with Gasteiger partial charge in [-0.1, -0.05) is 96.8 Å². The first kappa shape index (κ1) is 21.0. The van der Waals surface area contributed by atoms with Crippen molar-refractivity contribution in [3.8, 4) is 0 Å². The Hall–Kier alpha value is -0.330. The first-order valence-corrected chi connectivity index (χ1v) is 11.8.